The Morgan fingerprint density at radius 2 is 2.00 bits per heavy atom. The van der Waals surface area contributed by atoms with Gasteiger partial charge in [-0.2, -0.15) is 18.3 Å². The van der Waals surface area contributed by atoms with Crippen LogP contribution in [0.3, 0.4) is 0 Å². The van der Waals surface area contributed by atoms with Gasteiger partial charge < -0.3 is 15.2 Å². The molecule has 1 aromatic heterocycles. The molecule has 0 radical (unpaired) electrons. The van der Waals surface area contributed by atoms with Crippen LogP contribution in [0.1, 0.15) is 50.0 Å². The van der Waals surface area contributed by atoms with Crippen molar-refractivity contribution in [1.29, 1.82) is 0 Å². The van der Waals surface area contributed by atoms with Crippen molar-refractivity contribution in [2.24, 2.45) is 0 Å². The lowest BCUT2D eigenvalue weighted by atomic mass is 10.0. The Kier molecular flexibility index (Phi) is 6.68. The van der Waals surface area contributed by atoms with Crippen molar-refractivity contribution in [3.05, 3.63) is 27.1 Å². The van der Waals surface area contributed by atoms with Crippen molar-refractivity contribution in [2.45, 2.75) is 56.2 Å². The molecule has 0 spiro atoms. The maximum atomic E-state index is 13.4. The molecule has 0 bridgehead atoms. The molecule has 1 saturated heterocycles. The number of carbonyl (C=O) groups is 4. The van der Waals surface area contributed by atoms with Crippen molar-refractivity contribution in [1.82, 2.24) is 20.0 Å². The van der Waals surface area contributed by atoms with E-state index in [1.54, 1.807) is 0 Å². The number of ether oxygens (including phenoxy) is 1. The predicted molar refractivity (Wildman–Crippen MR) is 118 cm³/mol. The molecule has 0 aromatic carbocycles. The number of rotatable bonds is 7. The van der Waals surface area contributed by atoms with Gasteiger partial charge in [0.05, 0.1) is 10.2 Å². The van der Waals surface area contributed by atoms with Crippen LogP contribution >= 0.6 is 27.7 Å². The minimum absolute atomic E-state index is 0.151. The maximum absolute atomic E-state index is 13.4. The summed E-state index contributed by atoms with van der Waals surface area (Å²) in [7, 11) is 0. The summed E-state index contributed by atoms with van der Waals surface area (Å²) >= 11 is 4.17. The third-order valence-electron chi connectivity index (χ3n) is 5.86. The molecule has 2 amide bonds. The number of alkyl halides is 3. The zero-order valence-electron chi connectivity index (χ0n) is 18.4. The zero-order valence-corrected chi connectivity index (χ0v) is 20.8. The number of nitrogens with zero attached hydrogens (tertiary/aromatic N) is 3. The van der Waals surface area contributed by atoms with Crippen molar-refractivity contribution in [3.8, 4) is 0 Å². The molecule has 10 nitrogen and oxygen atoms in total. The maximum Gasteiger partial charge on any atom is 0.436 e. The van der Waals surface area contributed by atoms with E-state index in [0.29, 0.717) is 12.8 Å². The molecular weight excluding hydrogens is 561 g/mol. The average Bonchev–Trinajstić information content (AvgIpc) is 3.54. The molecule has 3 heterocycles. The van der Waals surface area contributed by atoms with E-state index in [9.17, 15) is 37.5 Å². The fourth-order valence-corrected chi connectivity index (χ4v) is 6.13. The predicted octanol–water partition coefficient (Wildman–Crippen LogP) is 2.40. The Balaban J connectivity index is 1.52. The standard InChI is InChI=1S/C20H20BrF3N4O6S/c1-7(28-13(9-3-4-9)11(21)15(26-28)20(22,23)24)16(30)25-12-17(31)27-14(19(32)33)10(5-34-8(2)29)6-35-18(12)27/h7,9,12,18H,3-6H2,1-2H3,(H,25,30)(H,32,33). The number of hydrogen-bond acceptors (Lipinski definition) is 7. The van der Waals surface area contributed by atoms with Crippen molar-refractivity contribution in [3.63, 3.8) is 0 Å². The van der Waals surface area contributed by atoms with Gasteiger partial charge in [0.15, 0.2) is 5.69 Å². The molecule has 2 aliphatic heterocycles. The Hall–Kier alpha value is -2.55. The number of hydrogen-bond donors (Lipinski definition) is 2. The number of carboxylic acid groups (broad SMARTS) is 1. The highest BCUT2D eigenvalue weighted by Crippen LogP contribution is 2.48. The molecule has 15 heteroatoms. The van der Waals surface area contributed by atoms with Gasteiger partial charge in [-0.3, -0.25) is 24.0 Å². The van der Waals surface area contributed by atoms with Gasteiger partial charge in [-0.15, -0.1) is 11.8 Å². The number of carbonyl (C=O) groups excluding carboxylic acids is 3. The van der Waals surface area contributed by atoms with E-state index in [-0.39, 0.29) is 39.7 Å². The van der Waals surface area contributed by atoms with Crippen LogP contribution in [0.15, 0.2) is 15.7 Å². The molecule has 1 aliphatic carbocycles. The second kappa shape index (κ2) is 9.15. The van der Waals surface area contributed by atoms with Crippen molar-refractivity contribution < 1.29 is 42.2 Å². The summed E-state index contributed by atoms with van der Waals surface area (Å²) in [5, 5.41) is 15.1. The van der Waals surface area contributed by atoms with E-state index in [1.165, 1.54) is 25.6 Å². The van der Waals surface area contributed by atoms with Crippen LogP contribution in [-0.2, 0) is 30.1 Å². The summed E-state index contributed by atoms with van der Waals surface area (Å²) in [5.74, 6) is -3.39. The topological polar surface area (TPSA) is 131 Å². The van der Waals surface area contributed by atoms with E-state index < -0.39 is 53.1 Å². The van der Waals surface area contributed by atoms with Crippen LogP contribution in [-0.4, -0.2) is 67.3 Å². The number of amides is 2. The second-order valence-electron chi connectivity index (χ2n) is 8.37. The fraction of sp³-hybridized carbons (Fsp3) is 0.550. The summed E-state index contributed by atoms with van der Waals surface area (Å²) in [5.41, 5.74) is -0.903. The lowest BCUT2D eigenvalue weighted by molar-refractivity contribution is -0.151. The first-order valence-corrected chi connectivity index (χ1v) is 12.4. The van der Waals surface area contributed by atoms with Gasteiger partial charge in [-0.05, 0) is 35.7 Å². The van der Waals surface area contributed by atoms with E-state index in [1.807, 2.05) is 0 Å². The van der Waals surface area contributed by atoms with Crippen LogP contribution in [0, 0.1) is 0 Å². The molecule has 3 unspecified atom stereocenters. The molecule has 190 valence electrons. The average molecular weight is 581 g/mol. The number of nitrogens with one attached hydrogen (secondary N) is 1. The summed E-state index contributed by atoms with van der Waals surface area (Å²) < 4.78 is 45.9. The SMILES string of the molecule is CC(=O)OCC1=C(C(=O)O)N2C(=O)C(NC(=O)C(C)n3nc(C(F)(F)F)c(Br)c3C3CC3)C2SC1. The number of fused-ring (bicyclic) bond motifs is 1. The van der Waals surface area contributed by atoms with Crippen LogP contribution in [0.4, 0.5) is 13.2 Å². The Bertz CT molecular complexity index is 1150. The Labute approximate surface area is 209 Å². The first-order chi connectivity index (χ1) is 16.3. The first kappa shape index (κ1) is 25.5. The normalized spacial score (nSPS) is 22.9. The monoisotopic (exact) mass is 580 g/mol. The van der Waals surface area contributed by atoms with Gasteiger partial charge in [0.2, 0.25) is 5.91 Å². The third-order valence-corrected chi connectivity index (χ3v) is 7.98. The van der Waals surface area contributed by atoms with Gasteiger partial charge in [0, 0.05) is 24.2 Å². The molecule has 35 heavy (non-hydrogen) atoms. The van der Waals surface area contributed by atoms with Crippen LogP contribution in [0.25, 0.3) is 0 Å². The van der Waals surface area contributed by atoms with E-state index in [0.717, 1.165) is 9.58 Å². The van der Waals surface area contributed by atoms with Gasteiger partial charge in [0.25, 0.3) is 5.91 Å². The largest absolute Gasteiger partial charge is 0.477 e. The lowest BCUT2D eigenvalue weighted by Crippen LogP contribution is -2.71. The van der Waals surface area contributed by atoms with Crippen LogP contribution in [0.2, 0.25) is 0 Å². The number of thioether (sulfide) groups is 1. The van der Waals surface area contributed by atoms with Crippen molar-refractivity contribution >= 4 is 51.4 Å². The fourth-order valence-electron chi connectivity index (χ4n) is 3.99. The summed E-state index contributed by atoms with van der Waals surface area (Å²) in [6.45, 7) is 2.27. The third kappa shape index (κ3) is 4.67. The lowest BCUT2D eigenvalue weighted by Gasteiger charge is -2.49. The summed E-state index contributed by atoms with van der Waals surface area (Å²) in [4.78, 5) is 49.6. The molecule has 2 fully saturated rings. The number of esters is 1. The molecule has 2 N–H and O–H groups in total. The van der Waals surface area contributed by atoms with Crippen LogP contribution < -0.4 is 5.32 Å². The van der Waals surface area contributed by atoms with Gasteiger partial charge >= 0.3 is 18.1 Å². The number of aromatic nitrogens is 2. The number of carboxylic acids is 1. The van der Waals surface area contributed by atoms with E-state index in [4.69, 9.17) is 4.74 Å². The Morgan fingerprint density at radius 1 is 1.34 bits per heavy atom. The molecule has 1 saturated carbocycles. The Morgan fingerprint density at radius 3 is 2.54 bits per heavy atom. The minimum atomic E-state index is -4.71. The minimum Gasteiger partial charge on any atom is -0.477 e. The first-order valence-electron chi connectivity index (χ1n) is 10.5. The highest BCUT2D eigenvalue weighted by molar-refractivity contribution is 9.10. The summed E-state index contributed by atoms with van der Waals surface area (Å²) in [6.07, 6.45) is -3.37. The van der Waals surface area contributed by atoms with Gasteiger partial charge in [0.1, 0.15) is 29.8 Å². The molecule has 4 rings (SSSR count). The van der Waals surface area contributed by atoms with Crippen LogP contribution in [0.5, 0.6) is 0 Å². The van der Waals surface area contributed by atoms with Gasteiger partial charge in [-0.1, -0.05) is 0 Å². The second-order valence-corrected chi connectivity index (χ2v) is 10.3. The highest BCUT2D eigenvalue weighted by Gasteiger charge is 2.54. The van der Waals surface area contributed by atoms with Crippen molar-refractivity contribution in [2.75, 3.05) is 12.4 Å². The number of halogens is 4. The smallest absolute Gasteiger partial charge is 0.436 e. The highest BCUT2D eigenvalue weighted by atomic mass is 79.9. The summed E-state index contributed by atoms with van der Waals surface area (Å²) in [6, 6.07) is -2.22. The molecule has 1 aromatic rings. The number of aliphatic carboxylic acids is 1. The van der Waals surface area contributed by atoms with Gasteiger partial charge in [-0.25, -0.2) is 4.79 Å². The zero-order chi connectivity index (χ0) is 25.8. The number of β-lactam (4-membered cyclic amide) rings is 1. The molecule has 3 atom stereocenters. The molecule has 3 aliphatic rings. The molecular formula is C20H20BrF3N4O6S. The van der Waals surface area contributed by atoms with E-state index >= 15 is 0 Å². The van der Waals surface area contributed by atoms with E-state index in [2.05, 4.69) is 26.3 Å². The quantitative estimate of drug-likeness (QED) is 0.371.